The van der Waals surface area contributed by atoms with Crippen molar-refractivity contribution in [2.75, 3.05) is 45.2 Å². The predicted octanol–water partition coefficient (Wildman–Crippen LogP) is 4.21. The predicted molar refractivity (Wildman–Crippen MR) is 124 cm³/mol. The Morgan fingerprint density at radius 3 is 2.58 bits per heavy atom. The second-order valence-corrected chi connectivity index (χ2v) is 9.56. The van der Waals surface area contributed by atoms with Crippen LogP contribution in [0.25, 0.3) is 0 Å². The van der Waals surface area contributed by atoms with Crippen LogP contribution >= 0.6 is 11.6 Å². The maximum Gasteiger partial charge on any atom is 0.135 e. The van der Waals surface area contributed by atoms with E-state index in [1.807, 2.05) is 12.1 Å². The summed E-state index contributed by atoms with van der Waals surface area (Å²) in [7, 11) is 4.13. The number of likely N-dealkylation sites (N-methyl/N-ethyl adjacent to an activating group) is 1. The summed E-state index contributed by atoms with van der Waals surface area (Å²) >= 11 is 6.12. The molecule has 0 radical (unpaired) electrons. The third kappa shape index (κ3) is 5.03. The Morgan fingerprint density at radius 2 is 1.90 bits per heavy atom. The summed E-state index contributed by atoms with van der Waals surface area (Å²) in [5.74, 6) is 1.73. The van der Waals surface area contributed by atoms with Gasteiger partial charge in [0.15, 0.2) is 0 Å². The molecule has 31 heavy (non-hydrogen) atoms. The van der Waals surface area contributed by atoms with Crippen LogP contribution in [-0.2, 0) is 4.74 Å². The first kappa shape index (κ1) is 22.5. The van der Waals surface area contributed by atoms with E-state index in [9.17, 15) is 5.11 Å². The highest BCUT2D eigenvalue weighted by atomic mass is 35.5. The average Bonchev–Trinajstić information content (AvgIpc) is 3.06. The van der Waals surface area contributed by atoms with Crippen LogP contribution in [0.3, 0.4) is 0 Å². The Hall–Kier alpha value is -1.73. The molecule has 2 aromatic rings. The van der Waals surface area contributed by atoms with Crippen molar-refractivity contribution >= 4 is 17.4 Å². The van der Waals surface area contributed by atoms with Crippen LogP contribution in [0.5, 0.6) is 0 Å². The fourth-order valence-electron chi connectivity index (χ4n) is 4.89. The number of nitrogens with zero attached hydrogens (tertiary/aromatic N) is 4. The number of hydrogen-bond acceptors (Lipinski definition) is 6. The van der Waals surface area contributed by atoms with E-state index >= 15 is 0 Å². The van der Waals surface area contributed by atoms with Crippen molar-refractivity contribution in [1.29, 1.82) is 0 Å². The molecular formula is C24H33ClN4O2. The van der Waals surface area contributed by atoms with Crippen molar-refractivity contribution in [2.24, 2.45) is 5.92 Å². The Labute approximate surface area is 190 Å². The van der Waals surface area contributed by atoms with Gasteiger partial charge in [-0.1, -0.05) is 30.7 Å². The third-order valence-corrected chi connectivity index (χ3v) is 6.83. The van der Waals surface area contributed by atoms with Gasteiger partial charge in [0.25, 0.3) is 0 Å². The van der Waals surface area contributed by atoms with Gasteiger partial charge >= 0.3 is 0 Å². The van der Waals surface area contributed by atoms with Crippen molar-refractivity contribution in [2.45, 2.75) is 44.3 Å². The molecule has 3 atom stereocenters. The van der Waals surface area contributed by atoms with Gasteiger partial charge in [0.05, 0.1) is 24.5 Å². The molecule has 6 nitrogen and oxygen atoms in total. The zero-order chi connectivity index (χ0) is 22.0. The van der Waals surface area contributed by atoms with Crippen LogP contribution in [0.4, 0.5) is 5.82 Å². The molecule has 0 unspecified atom stereocenters. The minimum atomic E-state index is -0.469. The first-order chi connectivity index (χ1) is 14.9. The summed E-state index contributed by atoms with van der Waals surface area (Å²) in [4.78, 5) is 13.5. The van der Waals surface area contributed by atoms with Crippen LogP contribution in [0.2, 0.25) is 5.02 Å². The maximum atomic E-state index is 10.3. The van der Waals surface area contributed by atoms with Gasteiger partial charge in [-0.3, -0.25) is 0 Å². The molecule has 1 saturated heterocycles. The lowest BCUT2D eigenvalue weighted by Gasteiger charge is -2.37. The van der Waals surface area contributed by atoms with Gasteiger partial charge < -0.3 is 19.6 Å². The zero-order valence-electron chi connectivity index (χ0n) is 18.7. The molecule has 2 heterocycles. The summed E-state index contributed by atoms with van der Waals surface area (Å²) in [5, 5.41) is 11.1. The van der Waals surface area contributed by atoms with Crippen molar-refractivity contribution in [3.05, 3.63) is 52.4 Å². The highest BCUT2D eigenvalue weighted by molar-refractivity contribution is 6.30. The summed E-state index contributed by atoms with van der Waals surface area (Å²) in [6.07, 6.45) is 3.99. The molecule has 0 spiro atoms. The standard InChI is InChI=1S/C24H33ClN4O2/c1-16-14-20(30)22-21(16)24(27-15-26-22)29-10-8-18(9-11-29)23(31-13-12-28(2)3)17-4-6-19(25)7-5-17/h4-7,15-16,18,20,23,30H,8-14H2,1-3H3/t16-,20-,23-/m1/s1. The van der Waals surface area contributed by atoms with Crippen LogP contribution in [0, 0.1) is 5.92 Å². The summed E-state index contributed by atoms with van der Waals surface area (Å²) in [6, 6.07) is 8.08. The van der Waals surface area contributed by atoms with Crippen molar-refractivity contribution < 1.29 is 9.84 Å². The highest BCUT2D eigenvalue weighted by Crippen LogP contribution is 2.44. The molecule has 7 heteroatoms. The third-order valence-electron chi connectivity index (χ3n) is 6.58. The minimum absolute atomic E-state index is 0.0660. The van der Waals surface area contributed by atoms with Crippen molar-refractivity contribution in [1.82, 2.24) is 14.9 Å². The van der Waals surface area contributed by atoms with Gasteiger partial charge in [-0.05, 0) is 62.9 Å². The lowest BCUT2D eigenvalue weighted by molar-refractivity contribution is -0.00307. The van der Waals surface area contributed by atoms with Crippen molar-refractivity contribution in [3.8, 4) is 0 Å². The fourth-order valence-corrected chi connectivity index (χ4v) is 5.01. The van der Waals surface area contributed by atoms with Gasteiger partial charge in [-0.25, -0.2) is 9.97 Å². The summed E-state index contributed by atoms with van der Waals surface area (Å²) < 4.78 is 6.40. The molecule has 1 aromatic heterocycles. The van der Waals surface area contributed by atoms with Crippen LogP contribution in [0.1, 0.15) is 61.1 Å². The van der Waals surface area contributed by atoms with E-state index < -0.39 is 6.10 Å². The van der Waals surface area contributed by atoms with E-state index in [2.05, 4.69) is 52.9 Å². The van der Waals surface area contributed by atoms with Gasteiger partial charge in [-0.2, -0.15) is 0 Å². The molecule has 168 valence electrons. The number of benzene rings is 1. The normalized spacial score (nSPS) is 22.7. The molecule has 0 amide bonds. The molecule has 1 N–H and O–H groups in total. The van der Waals surface area contributed by atoms with E-state index in [4.69, 9.17) is 16.3 Å². The first-order valence-corrected chi connectivity index (χ1v) is 11.6. The fraction of sp³-hybridized carbons (Fsp3) is 0.583. The second kappa shape index (κ2) is 9.82. The number of ether oxygens (including phenoxy) is 1. The maximum absolute atomic E-state index is 10.3. The number of rotatable bonds is 7. The number of anilines is 1. The summed E-state index contributed by atoms with van der Waals surface area (Å²) in [5.41, 5.74) is 3.14. The molecule has 1 aromatic carbocycles. The first-order valence-electron chi connectivity index (χ1n) is 11.2. The topological polar surface area (TPSA) is 61.7 Å². The molecule has 2 aliphatic rings. The van der Waals surface area contributed by atoms with Gasteiger partial charge in [-0.15, -0.1) is 0 Å². The number of aromatic nitrogens is 2. The Balaban J connectivity index is 1.47. The largest absolute Gasteiger partial charge is 0.387 e. The van der Waals surface area contributed by atoms with Crippen LogP contribution in [0.15, 0.2) is 30.6 Å². The van der Waals surface area contributed by atoms with E-state index in [1.54, 1.807) is 6.33 Å². The van der Waals surface area contributed by atoms with Crippen LogP contribution < -0.4 is 4.90 Å². The smallest absolute Gasteiger partial charge is 0.135 e. The zero-order valence-corrected chi connectivity index (χ0v) is 19.4. The average molecular weight is 445 g/mol. The summed E-state index contributed by atoms with van der Waals surface area (Å²) in [6.45, 7) is 5.62. The minimum Gasteiger partial charge on any atom is -0.387 e. The van der Waals surface area contributed by atoms with Gasteiger partial charge in [0.2, 0.25) is 0 Å². The number of halogens is 1. The number of hydrogen-bond donors (Lipinski definition) is 1. The molecule has 0 bridgehead atoms. The Morgan fingerprint density at radius 1 is 1.19 bits per heavy atom. The van der Waals surface area contributed by atoms with E-state index in [0.29, 0.717) is 12.5 Å². The molecule has 1 fully saturated rings. The molecule has 1 aliphatic carbocycles. The SMILES string of the molecule is C[C@@H]1C[C@@H](O)c2ncnc(N3CCC([C@H](OCCN(C)C)c4ccc(Cl)cc4)CC3)c21. The number of aliphatic hydroxyl groups excluding tert-OH is 1. The van der Waals surface area contributed by atoms with Crippen LogP contribution in [-0.4, -0.2) is 60.3 Å². The lowest BCUT2D eigenvalue weighted by atomic mass is 9.87. The Kier molecular flexibility index (Phi) is 7.12. The molecular weight excluding hydrogens is 412 g/mol. The van der Waals surface area contributed by atoms with Gasteiger partial charge in [0.1, 0.15) is 12.1 Å². The van der Waals surface area contributed by atoms with E-state index in [0.717, 1.165) is 61.0 Å². The van der Waals surface area contributed by atoms with Gasteiger partial charge in [0, 0.05) is 30.2 Å². The number of piperidine rings is 1. The van der Waals surface area contributed by atoms with Crippen molar-refractivity contribution in [3.63, 3.8) is 0 Å². The van der Waals surface area contributed by atoms with E-state index in [-0.39, 0.29) is 12.0 Å². The monoisotopic (exact) mass is 444 g/mol. The number of aliphatic hydroxyl groups is 1. The Bertz CT molecular complexity index is 868. The molecule has 0 saturated carbocycles. The number of fused-ring (bicyclic) bond motifs is 1. The second-order valence-electron chi connectivity index (χ2n) is 9.12. The van der Waals surface area contributed by atoms with E-state index in [1.165, 1.54) is 5.56 Å². The molecule has 4 rings (SSSR count). The lowest BCUT2D eigenvalue weighted by Crippen LogP contribution is -2.37. The highest BCUT2D eigenvalue weighted by Gasteiger charge is 2.35. The quantitative estimate of drug-likeness (QED) is 0.690. The molecule has 1 aliphatic heterocycles.